The fourth-order valence-electron chi connectivity index (χ4n) is 4.89. The van der Waals surface area contributed by atoms with Crippen LogP contribution in [0.3, 0.4) is 0 Å². The molecule has 4 heterocycles. The van der Waals surface area contributed by atoms with Crippen molar-refractivity contribution in [3.63, 3.8) is 0 Å². The highest BCUT2D eigenvalue weighted by atomic mass is 19.3. The largest absolute Gasteiger partial charge is 0.492 e. The molecule has 174 valence electrons. The first-order valence-electron chi connectivity index (χ1n) is 11.3. The third-order valence-electron chi connectivity index (χ3n) is 6.69. The minimum Gasteiger partial charge on any atom is -0.492 e. The third kappa shape index (κ3) is 4.17. The van der Waals surface area contributed by atoms with Gasteiger partial charge in [-0.15, -0.1) is 5.10 Å². The Labute approximate surface area is 190 Å². The van der Waals surface area contributed by atoms with Crippen LogP contribution in [-0.4, -0.2) is 46.1 Å². The molecular formula is C24H27F2N5O2. The number of hydrogen-bond donors (Lipinski definition) is 2. The molecule has 5 rings (SSSR count). The molecule has 2 aliphatic heterocycles. The van der Waals surface area contributed by atoms with E-state index in [9.17, 15) is 13.9 Å². The number of halogens is 2. The molecule has 0 saturated carbocycles. The van der Waals surface area contributed by atoms with Crippen molar-refractivity contribution in [1.29, 1.82) is 0 Å². The number of fused-ring (bicyclic) bond motifs is 3. The molecule has 2 aliphatic rings. The summed E-state index contributed by atoms with van der Waals surface area (Å²) in [6.45, 7) is 5.94. The van der Waals surface area contributed by atoms with Crippen LogP contribution in [0.25, 0.3) is 10.9 Å². The van der Waals surface area contributed by atoms with Gasteiger partial charge < -0.3 is 20.1 Å². The Morgan fingerprint density at radius 2 is 2.03 bits per heavy atom. The molecular weight excluding hydrogens is 428 g/mol. The van der Waals surface area contributed by atoms with E-state index < -0.39 is 6.43 Å². The molecule has 2 bridgehead atoms. The molecule has 0 radical (unpaired) electrons. The highest BCUT2D eigenvalue weighted by Gasteiger charge is 2.36. The van der Waals surface area contributed by atoms with E-state index in [1.807, 2.05) is 13.0 Å². The number of hydrogen-bond acceptors (Lipinski definition) is 7. The summed E-state index contributed by atoms with van der Waals surface area (Å²) >= 11 is 0. The number of nitrogens with zero attached hydrogens (tertiary/aromatic N) is 4. The molecule has 2 unspecified atom stereocenters. The van der Waals surface area contributed by atoms with Crippen molar-refractivity contribution in [3.8, 4) is 5.88 Å². The van der Waals surface area contributed by atoms with E-state index in [2.05, 4.69) is 25.4 Å². The van der Waals surface area contributed by atoms with Gasteiger partial charge in [0.15, 0.2) is 5.82 Å². The summed E-state index contributed by atoms with van der Waals surface area (Å²) < 4.78 is 32.0. The molecule has 2 aromatic heterocycles. The Kier molecular flexibility index (Phi) is 5.74. The first kappa shape index (κ1) is 21.8. The monoisotopic (exact) mass is 455 g/mol. The second-order valence-corrected chi connectivity index (χ2v) is 8.97. The van der Waals surface area contributed by atoms with Crippen LogP contribution in [0.2, 0.25) is 0 Å². The number of aromatic hydroxyl groups is 1. The number of nitrogens with one attached hydrogen (secondary N) is 1. The number of anilines is 2. The Morgan fingerprint density at radius 1 is 1.21 bits per heavy atom. The molecule has 2 saturated heterocycles. The number of benzene rings is 1. The molecule has 9 heteroatoms. The van der Waals surface area contributed by atoms with Crippen molar-refractivity contribution < 1.29 is 18.6 Å². The highest BCUT2D eigenvalue weighted by Crippen LogP contribution is 2.40. The van der Waals surface area contributed by atoms with Crippen LogP contribution in [0.5, 0.6) is 5.88 Å². The van der Waals surface area contributed by atoms with Crippen molar-refractivity contribution in [3.05, 3.63) is 47.2 Å². The van der Waals surface area contributed by atoms with Crippen LogP contribution in [0.4, 0.5) is 20.3 Å². The van der Waals surface area contributed by atoms with Gasteiger partial charge in [-0.3, -0.25) is 0 Å². The van der Waals surface area contributed by atoms with Gasteiger partial charge in [-0.05, 0) is 50.3 Å². The fraction of sp³-hybridized carbons (Fsp3) is 0.458. The lowest BCUT2D eigenvalue weighted by molar-refractivity contribution is 0.125. The molecule has 0 amide bonds. The summed E-state index contributed by atoms with van der Waals surface area (Å²) in [5.74, 6) is 0.994. The molecule has 3 aromatic rings. The smallest absolute Gasteiger partial charge is 0.263 e. The van der Waals surface area contributed by atoms with Crippen molar-refractivity contribution in [2.45, 2.75) is 45.2 Å². The second-order valence-electron chi connectivity index (χ2n) is 8.97. The standard InChI is InChI=1S/C24H27F2N5O2/c1-13(16-4-3-5-17(9-16)22(25)26)27-23-19-10-20(24(32)28-21(19)14(2)29-30-23)31-11-15-6-7-33-12-18(31)8-15/h3-5,9-10,13,15,18,22H,6-8,11-12H2,1-2H3,(H,27,30)(H,28,32)/t13-,15?,18?/m1/s1. The van der Waals surface area contributed by atoms with Crippen LogP contribution in [0.1, 0.15) is 49.1 Å². The second kappa shape index (κ2) is 8.70. The van der Waals surface area contributed by atoms with Crippen LogP contribution in [-0.2, 0) is 4.74 Å². The average molecular weight is 456 g/mol. The molecule has 2 fully saturated rings. The van der Waals surface area contributed by atoms with Crippen molar-refractivity contribution in [2.75, 3.05) is 30.0 Å². The minimum atomic E-state index is -2.53. The van der Waals surface area contributed by atoms with E-state index >= 15 is 0 Å². The number of alkyl halides is 2. The van der Waals surface area contributed by atoms with Gasteiger partial charge in [0.2, 0.25) is 5.88 Å². The molecule has 33 heavy (non-hydrogen) atoms. The summed E-state index contributed by atoms with van der Waals surface area (Å²) in [5.41, 5.74) is 2.51. The van der Waals surface area contributed by atoms with Crippen LogP contribution in [0, 0.1) is 12.8 Å². The quantitative estimate of drug-likeness (QED) is 0.574. The van der Waals surface area contributed by atoms with E-state index in [0.29, 0.717) is 35.2 Å². The van der Waals surface area contributed by atoms with Gasteiger partial charge in [0.25, 0.3) is 6.43 Å². The van der Waals surface area contributed by atoms with Gasteiger partial charge in [0.05, 0.1) is 24.4 Å². The normalized spacial score (nSPS) is 21.4. The maximum Gasteiger partial charge on any atom is 0.263 e. The van der Waals surface area contributed by atoms with Gasteiger partial charge >= 0.3 is 0 Å². The SMILES string of the molecule is Cc1nnc(N[C@H](C)c2cccc(C(F)F)c2)c2cc(N3CC4CCOCC3C4)c(O)nc12. The molecule has 7 nitrogen and oxygen atoms in total. The topological polar surface area (TPSA) is 83.4 Å². The highest BCUT2D eigenvalue weighted by molar-refractivity contribution is 5.93. The molecule has 2 N–H and O–H groups in total. The van der Waals surface area contributed by atoms with Crippen molar-refractivity contribution in [1.82, 2.24) is 15.2 Å². The Balaban J connectivity index is 1.51. The minimum absolute atomic E-state index is 0.0202. The van der Waals surface area contributed by atoms with Crippen molar-refractivity contribution in [2.24, 2.45) is 5.92 Å². The predicted octanol–water partition coefficient (Wildman–Crippen LogP) is 4.76. The molecule has 1 aromatic carbocycles. The Bertz CT molecular complexity index is 1180. The van der Waals surface area contributed by atoms with Gasteiger partial charge in [-0.2, -0.15) is 5.10 Å². The van der Waals surface area contributed by atoms with Gasteiger partial charge in [0.1, 0.15) is 11.2 Å². The lowest BCUT2D eigenvalue weighted by Crippen LogP contribution is -2.34. The van der Waals surface area contributed by atoms with E-state index in [0.717, 1.165) is 36.9 Å². The zero-order valence-corrected chi connectivity index (χ0v) is 18.6. The van der Waals surface area contributed by atoms with Gasteiger partial charge in [0, 0.05) is 24.1 Å². The fourth-order valence-corrected chi connectivity index (χ4v) is 4.89. The number of aromatic nitrogens is 3. The molecule has 0 aliphatic carbocycles. The van der Waals surface area contributed by atoms with Gasteiger partial charge in [-0.25, -0.2) is 13.8 Å². The van der Waals surface area contributed by atoms with Crippen LogP contribution >= 0.6 is 0 Å². The van der Waals surface area contributed by atoms with E-state index in [1.54, 1.807) is 19.1 Å². The van der Waals surface area contributed by atoms with E-state index in [1.165, 1.54) is 12.1 Å². The number of pyridine rings is 1. The van der Waals surface area contributed by atoms with Crippen molar-refractivity contribution >= 4 is 22.4 Å². The first-order chi connectivity index (χ1) is 15.9. The molecule has 3 atom stereocenters. The maximum atomic E-state index is 13.2. The zero-order valence-electron chi connectivity index (χ0n) is 18.6. The lowest BCUT2D eigenvalue weighted by atomic mass is 10.0. The Hall–Kier alpha value is -3.07. The molecule has 0 spiro atoms. The van der Waals surface area contributed by atoms with E-state index in [-0.39, 0.29) is 23.5 Å². The van der Waals surface area contributed by atoms with Gasteiger partial charge in [-0.1, -0.05) is 18.2 Å². The maximum absolute atomic E-state index is 13.2. The summed E-state index contributed by atoms with van der Waals surface area (Å²) in [6, 6.07) is 8.16. The lowest BCUT2D eigenvalue weighted by Gasteiger charge is -2.28. The average Bonchev–Trinajstić information content (AvgIpc) is 3.05. The summed E-state index contributed by atoms with van der Waals surface area (Å²) in [7, 11) is 0. The van der Waals surface area contributed by atoms with Crippen LogP contribution in [0.15, 0.2) is 30.3 Å². The van der Waals surface area contributed by atoms with E-state index in [4.69, 9.17) is 4.74 Å². The van der Waals surface area contributed by atoms with Crippen LogP contribution < -0.4 is 10.2 Å². The Morgan fingerprint density at radius 3 is 2.85 bits per heavy atom. The third-order valence-corrected chi connectivity index (χ3v) is 6.69. The predicted molar refractivity (Wildman–Crippen MR) is 122 cm³/mol. The summed E-state index contributed by atoms with van der Waals surface area (Å²) in [5, 5.41) is 23.3. The zero-order chi connectivity index (χ0) is 23.1. The number of aryl methyl sites for hydroxylation is 1. The number of rotatable bonds is 5. The number of ether oxygens (including phenoxy) is 1. The summed E-state index contributed by atoms with van der Waals surface area (Å²) in [6.07, 6.45) is -0.477. The summed E-state index contributed by atoms with van der Waals surface area (Å²) in [4.78, 5) is 6.65. The first-order valence-corrected chi connectivity index (χ1v) is 11.3.